The number of piperidine rings is 1. The van der Waals surface area contributed by atoms with Crippen molar-refractivity contribution in [2.75, 3.05) is 13.7 Å². The Labute approximate surface area is 221 Å². The second-order valence-corrected chi connectivity index (χ2v) is 10.1. The Bertz CT molecular complexity index is 1310. The standard InChI is InChI=1S/C30H31N3O5/c1-30-16-25(29(36)31-18-20-8-12-22(37-2)13-9-20)33(26(30)17-30)27(34)19-32-28(35)21-10-14-24(15-11-21)38-23-6-4-3-5-7-23/h3-15,25-26H,16-19H2,1-2H3,(H,31,36)(H,32,35)/t25-,26-,30+/m0/s1. The van der Waals surface area contributed by atoms with Crippen LogP contribution in [0.1, 0.15) is 35.7 Å². The highest BCUT2D eigenvalue weighted by molar-refractivity contribution is 5.97. The van der Waals surface area contributed by atoms with E-state index in [0.29, 0.717) is 30.0 Å². The number of hydrogen-bond acceptors (Lipinski definition) is 5. The molecule has 3 aromatic carbocycles. The van der Waals surface area contributed by atoms with E-state index in [1.54, 1.807) is 36.3 Å². The first-order valence-corrected chi connectivity index (χ1v) is 12.7. The number of methoxy groups -OCH3 is 1. The molecule has 1 aliphatic heterocycles. The van der Waals surface area contributed by atoms with E-state index in [0.717, 1.165) is 17.7 Å². The molecule has 1 saturated carbocycles. The third kappa shape index (κ3) is 5.49. The monoisotopic (exact) mass is 513 g/mol. The van der Waals surface area contributed by atoms with Crippen LogP contribution in [0.5, 0.6) is 17.2 Å². The predicted molar refractivity (Wildman–Crippen MR) is 142 cm³/mol. The Hall–Kier alpha value is -4.33. The van der Waals surface area contributed by atoms with Crippen molar-refractivity contribution in [2.45, 2.75) is 38.4 Å². The summed E-state index contributed by atoms with van der Waals surface area (Å²) in [4.78, 5) is 40.6. The highest BCUT2D eigenvalue weighted by Crippen LogP contribution is 2.59. The molecule has 1 saturated heterocycles. The van der Waals surface area contributed by atoms with Crippen molar-refractivity contribution in [1.29, 1.82) is 0 Å². The van der Waals surface area contributed by atoms with Crippen LogP contribution < -0.4 is 20.1 Å². The fourth-order valence-corrected chi connectivity index (χ4v) is 5.06. The van der Waals surface area contributed by atoms with Gasteiger partial charge >= 0.3 is 0 Å². The molecule has 3 atom stereocenters. The molecule has 2 aliphatic rings. The molecule has 38 heavy (non-hydrogen) atoms. The zero-order chi connectivity index (χ0) is 26.7. The smallest absolute Gasteiger partial charge is 0.251 e. The van der Waals surface area contributed by atoms with Crippen molar-refractivity contribution in [1.82, 2.24) is 15.5 Å². The molecule has 0 bridgehead atoms. The van der Waals surface area contributed by atoms with Crippen LogP contribution in [-0.4, -0.2) is 48.4 Å². The van der Waals surface area contributed by atoms with Crippen LogP contribution in [-0.2, 0) is 16.1 Å². The Morgan fingerprint density at radius 1 is 0.868 bits per heavy atom. The first-order valence-electron chi connectivity index (χ1n) is 12.7. The lowest BCUT2D eigenvalue weighted by Crippen LogP contribution is -2.50. The Morgan fingerprint density at radius 3 is 2.21 bits per heavy atom. The maximum atomic E-state index is 13.2. The summed E-state index contributed by atoms with van der Waals surface area (Å²) in [5.41, 5.74) is 1.32. The molecule has 0 unspecified atom stereocenters. The minimum atomic E-state index is -0.546. The van der Waals surface area contributed by atoms with E-state index in [2.05, 4.69) is 17.6 Å². The van der Waals surface area contributed by atoms with Crippen LogP contribution in [0.4, 0.5) is 0 Å². The van der Waals surface area contributed by atoms with Gasteiger partial charge in [0.1, 0.15) is 23.3 Å². The molecule has 1 heterocycles. The largest absolute Gasteiger partial charge is 0.497 e. The van der Waals surface area contributed by atoms with Gasteiger partial charge in [-0.25, -0.2) is 0 Å². The molecule has 2 fully saturated rings. The Morgan fingerprint density at radius 2 is 1.53 bits per heavy atom. The normalized spacial score (nSPS) is 21.3. The van der Waals surface area contributed by atoms with E-state index >= 15 is 0 Å². The topological polar surface area (TPSA) is 97.0 Å². The lowest BCUT2D eigenvalue weighted by molar-refractivity contribution is -0.139. The van der Waals surface area contributed by atoms with Gasteiger partial charge in [-0.05, 0) is 72.4 Å². The minimum Gasteiger partial charge on any atom is -0.497 e. The summed E-state index contributed by atoms with van der Waals surface area (Å²) in [5, 5.41) is 5.67. The van der Waals surface area contributed by atoms with Crippen LogP contribution in [0, 0.1) is 5.41 Å². The SMILES string of the molecule is COc1ccc(CNC(=O)[C@@H]2C[C@]3(C)C[C@@H]3N2C(=O)CNC(=O)c2ccc(Oc3ccccc3)cc2)cc1. The fraction of sp³-hybridized carbons (Fsp3) is 0.300. The van der Waals surface area contributed by atoms with E-state index in [4.69, 9.17) is 9.47 Å². The van der Waals surface area contributed by atoms with Crippen molar-refractivity contribution >= 4 is 17.7 Å². The number of ether oxygens (including phenoxy) is 2. The molecular formula is C30H31N3O5. The summed E-state index contributed by atoms with van der Waals surface area (Å²) in [6.45, 7) is 2.30. The number of para-hydroxylation sites is 1. The fourth-order valence-electron chi connectivity index (χ4n) is 5.06. The van der Waals surface area contributed by atoms with Gasteiger partial charge in [-0.3, -0.25) is 14.4 Å². The number of nitrogens with zero attached hydrogens (tertiary/aromatic N) is 1. The summed E-state index contributed by atoms with van der Waals surface area (Å²) >= 11 is 0. The third-order valence-electron chi connectivity index (χ3n) is 7.35. The van der Waals surface area contributed by atoms with Gasteiger partial charge in [-0.2, -0.15) is 0 Å². The van der Waals surface area contributed by atoms with Gasteiger partial charge in [0.2, 0.25) is 11.8 Å². The van der Waals surface area contributed by atoms with Crippen molar-refractivity contribution in [3.63, 3.8) is 0 Å². The molecule has 0 aromatic heterocycles. The van der Waals surface area contributed by atoms with Crippen molar-refractivity contribution in [3.8, 4) is 17.2 Å². The van der Waals surface area contributed by atoms with Gasteiger partial charge in [0.05, 0.1) is 13.7 Å². The third-order valence-corrected chi connectivity index (χ3v) is 7.35. The number of benzene rings is 3. The number of hydrogen-bond donors (Lipinski definition) is 2. The lowest BCUT2D eigenvalue weighted by Gasteiger charge is -2.27. The molecule has 2 N–H and O–H groups in total. The summed E-state index contributed by atoms with van der Waals surface area (Å²) < 4.78 is 10.9. The number of rotatable bonds is 9. The molecule has 8 nitrogen and oxygen atoms in total. The number of nitrogens with one attached hydrogen (secondary N) is 2. The zero-order valence-electron chi connectivity index (χ0n) is 21.5. The highest BCUT2D eigenvalue weighted by atomic mass is 16.5. The molecule has 3 amide bonds. The van der Waals surface area contributed by atoms with E-state index in [9.17, 15) is 14.4 Å². The summed E-state index contributed by atoms with van der Waals surface area (Å²) in [6.07, 6.45) is 1.49. The Balaban J connectivity index is 1.15. The molecule has 1 aliphatic carbocycles. The average Bonchev–Trinajstić information content (AvgIpc) is 3.51. The minimum absolute atomic E-state index is 0.0260. The van der Waals surface area contributed by atoms with Crippen LogP contribution in [0.25, 0.3) is 0 Å². The van der Waals surface area contributed by atoms with Crippen LogP contribution >= 0.6 is 0 Å². The average molecular weight is 514 g/mol. The molecule has 0 spiro atoms. The highest BCUT2D eigenvalue weighted by Gasteiger charge is 2.64. The van der Waals surface area contributed by atoms with Gasteiger partial charge in [0.15, 0.2) is 0 Å². The second kappa shape index (κ2) is 10.6. The molecule has 5 rings (SSSR count). The van der Waals surface area contributed by atoms with E-state index in [1.807, 2.05) is 54.6 Å². The lowest BCUT2D eigenvalue weighted by atomic mass is 10.0. The van der Waals surface area contributed by atoms with Gasteiger partial charge in [-0.15, -0.1) is 0 Å². The van der Waals surface area contributed by atoms with Crippen molar-refractivity contribution in [3.05, 3.63) is 90.0 Å². The molecule has 0 radical (unpaired) electrons. The van der Waals surface area contributed by atoms with Gasteiger partial charge in [-0.1, -0.05) is 37.3 Å². The number of amides is 3. The van der Waals surface area contributed by atoms with Crippen molar-refractivity contribution in [2.24, 2.45) is 5.41 Å². The number of fused-ring (bicyclic) bond motifs is 1. The maximum absolute atomic E-state index is 13.2. The predicted octanol–water partition coefficient (Wildman–Crippen LogP) is 3.91. The van der Waals surface area contributed by atoms with E-state index < -0.39 is 6.04 Å². The first-order chi connectivity index (χ1) is 18.4. The molecule has 8 heteroatoms. The van der Waals surface area contributed by atoms with E-state index in [1.165, 1.54) is 0 Å². The van der Waals surface area contributed by atoms with Crippen LogP contribution in [0.15, 0.2) is 78.9 Å². The summed E-state index contributed by atoms with van der Waals surface area (Å²) in [6, 6.07) is 23.1. The summed E-state index contributed by atoms with van der Waals surface area (Å²) in [7, 11) is 1.61. The molecular weight excluding hydrogens is 482 g/mol. The quantitative estimate of drug-likeness (QED) is 0.452. The number of carbonyl (C=O) groups is 3. The van der Waals surface area contributed by atoms with Crippen LogP contribution in [0.2, 0.25) is 0 Å². The summed E-state index contributed by atoms with van der Waals surface area (Å²) in [5.74, 6) is 1.27. The van der Waals surface area contributed by atoms with Crippen molar-refractivity contribution < 1.29 is 23.9 Å². The second-order valence-electron chi connectivity index (χ2n) is 10.1. The number of carbonyl (C=O) groups excluding carboxylic acids is 3. The maximum Gasteiger partial charge on any atom is 0.251 e. The van der Waals surface area contributed by atoms with Gasteiger partial charge in [0.25, 0.3) is 5.91 Å². The first kappa shape index (κ1) is 25.3. The van der Waals surface area contributed by atoms with Gasteiger partial charge < -0.3 is 25.0 Å². The van der Waals surface area contributed by atoms with Crippen LogP contribution in [0.3, 0.4) is 0 Å². The molecule has 3 aromatic rings. The number of likely N-dealkylation sites (tertiary alicyclic amines) is 1. The molecule has 196 valence electrons. The van der Waals surface area contributed by atoms with E-state index in [-0.39, 0.29) is 35.7 Å². The zero-order valence-corrected chi connectivity index (χ0v) is 21.5. The Kier molecular flexibility index (Phi) is 7.05. The van der Waals surface area contributed by atoms with Gasteiger partial charge in [0, 0.05) is 18.2 Å².